The topological polar surface area (TPSA) is 62.2 Å². The Morgan fingerprint density at radius 1 is 1.24 bits per heavy atom. The maximum absolute atomic E-state index is 12.4. The number of alkyl halides is 3. The Balaban J connectivity index is 2.20. The summed E-state index contributed by atoms with van der Waals surface area (Å²) in [4.78, 5) is 14.5. The first-order valence-electron chi connectivity index (χ1n) is 5.60. The van der Waals surface area contributed by atoms with Gasteiger partial charge in [0.25, 0.3) is 0 Å². The molecule has 0 saturated carbocycles. The van der Waals surface area contributed by atoms with Crippen molar-refractivity contribution in [3.63, 3.8) is 0 Å². The first-order valence-corrected chi connectivity index (χ1v) is 6.40. The van der Waals surface area contributed by atoms with Gasteiger partial charge in [0, 0.05) is 10.7 Å². The van der Waals surface area contributed by atoms with Crippen molar-refractivity contribution in [2.24, 2.45) is 0 Å². The summed E-state index contributed by atoms with van der Waals surface area (Å²) < 4.78 is 37.7. The first-order chi connectivity index (χ1) is 9.77. The molecule has 0 aliphatic heterocycles. The minimum atomic E-state index is -4.44. The SMILES string of the molecule is O=C(O)c1ccc(Nc2ccc(C(F)(F)F)cn2)c(Br)c1. The van der Waals surface area contributed by atoms with E-state index in [0.29, 0.717) is 10.2 Å². The minimum Gasteiger partial charge on any atom is -0.478 e. The fourth-order valence-electron chi connectivity index (χ4n) is 1.52. The highest BCUT2D eigenvalue weighted by Crippen LogP contribution is 2.30. The Morgan fingerprint density at radius 3 is 2.43 bits per heavy atom. The predicted octanol–water partition coefficient (Wildman–Crippen LogP) is 4.30. The highest BCUT2D eigenvalue weighted by molar-refractivity contribution is 9.10. The number of carboxylic acid groups (broad SMARTS) is 1. The molecule has 4 nitrogen and oxygen atoms in total. The Labute approximate surface area is 125 Å². The summed E-state index contributed by atoms with van der Waals surface area (Å²) in [6, 6.07) is 6.36. The lowest BCUT2D eigenvalue weighted by Gasteiger charge is -2.10. The monoisotopic (exact) mass is 360 g/mol. The summed E-state index contributed by atoms with van der Waals surface area (Å²) in [5.41, 5.74) is -0.256. The Bertz CT molecular complexity index is 672. The van der Waals surface area contributed by atoms with Gasteiger partial charge in [0.15, 0.2) is 0 Å². The van der Waals surface area contributed by atoms with E-state index in [9.17, 15) is 18.0 Å². The maximum atomic E-state index is 12.4. The number of hydrogen-bond acceptors (Lipinski definition) is 3. The number of aromatic carboxylic acids is 1. The van der Waals surface area contributed by atoms with Crippen LogP contribution in [0.3, 0.4) is 0 Å². The lowest BCUT2D eigenvalue weighted by Crippen LogP contribution is -2.06. The summed E-state index contributed by atoms with van der Waals surface area (Å²) in [6.45, 7) is 0. The average molecular weight is 361 g/mol. The van der Waals surface area contributed by atoms with Crippen LogP contribution in [0.15, 0.2) is 41.0 Å². The normalized spacial score (nSPS) is 11.2. The van der Waals surface area contributed by atoms with Crippen molar-refractivity contribution < 1.29 is 23.1 Å². The van der Waals surface area contributed by atoms with Crippen LogP contribution in [-0.2, 0) is 6.18 Å². The van der Waals surface area contributed by atoms with Crippen molar-refractivity contribution in [1.82, 2.24) is 4.98 Å². The minimum absolute atomic E-state index is 0.0906. The van der Waals surface area contributed by atoms with E-state index < -0.39 is 17.7 Å². The molecule has 0 bridgehead atoms. The van der Waals surface area contributed by atoms with Gasteiger partial charge >= 0.3 is 12.1 Å². The van der Waals surface area contributed by atoms with Gasteiger partial charge in [-0.25, -0.2) is 9.78 Å². The molecular weight excluding hydrogens is 353 g/mol. The molecule has 110 valence electrons. The molecule has 2 N–H and O–H groups in total. The van der Waals surface area contributed by atoms with Crippen molar-refractivity contribution in [2.75, 3.05) is 5.32 Å². The predicted molar refractivity (Wildman–Crippen MR) is 73.6 cm³/mol. The van der Waals surface area contributed by atoms with E-state index in [-0.39, 0.29) is 11.4 Å². The smallest absolute Gasteiger partial charge is 0.417 e. The van der Waals surface area contributed by atoms with Gasteiger partial charge in [-0.15, -0.1) is 0 Å². The lowest BCUT2D eigenvalue weighted by atomic mass is 10.2. The third-order valence-electron chi connectivity index (χ3n) is 2.57. The van der Waals surface area contributed by atoms with Gasteiger partial charge < -0.3 is 10.4 Å². The van der Waals surface area contributed by atoms with Gasteiger partial charge in [0.2, 0.25) is 0 Å². The van der Waals surface area contributed by atoms with Gasteiger partial charge in [0.05, 0.1) is 16.8 Å². The molecule has 0 radical (unpaired) electrons. The van der Waals surface area contributed by atoms with E-state index in [1.807, 2.05) is 0 Å². The number of nitrogens with one attached hydrogen (secondary N) is 1. The van der Waals surface area contributed by atoms with Crippen LogP contribution in [0.25, 0.3) is 0 Å². The summed E-state index contributed by atoms with van der Waals surface area (Å²) in [5, 5.41) is 11.6. The summed E-state index contributed by atoms with van der Waals surface area (Å²) in [5.74, 6) is -0.860. The van der Waals surface area contributed by atoms with E-state index in [4.69, 9.17) is 5.11 Å². The van der Waals surface area contributed by atoms with Crippen LogP contribution in [0, 0.1) is 0 Å². The second-order valence-corrected chi connectivity index (χ2v) is 4.91. The second-order valence-electron chi connectivity index (χ2n) is 4.05. The lowest BCUT2D eigenvalue weighted by molar-refractivity contribution is -0.137. The average Bonchev–Trinajstić information content (AvgIpc) is 2.40. The molecule has 1 aromatic heterocycles. The van der Waals surface area contributed by atoms with Crippen LogP contribution in [-0.4, -0.2) is 16.1 Å². The Morgan fingerprint density at radius 2 is 1.95 bits per heavy atom. The van der Waals surface area contributed by atoms with Crippen LogP contribution in [0.1, 0.15) is 15.9 Å². The van der Waals surface area contributed by atoms with Gasteiger partial charge in [-0.2, -0.15) is 13.2 Å². The van der Waals surface area contributed by atoms with E-state index in [1.165, 1.54) is 24.3 Å². The van der Waals surface area contributed by atoms with Crippen LogP contribution < -0.4 is 5.32 Å². The number of rotatable bonds is 3. The molecule has 1 heterocycles. The quantitative estimate of drug-likeness (QED) is 0.856. The fraction of sp³-hybridized carbons (Fsp3) is 0.0769. The number of benzene rings is 1. The molecule has 0 saturated heterocycles. The van der Waals surface area contributed by atoms with E-state index in [1.54, 1.807) is 0 Å². The molecule has 0 aliphatic carbocycles. The van der Waals surface area contributed by atoms with Gasteiger partial charge in [-0.3, -0.25) is 0 Å². The van der Waals surface area contributed by atoms with Gasteiger partial charge in [-0.05, 0) is 46.3 Å². The molecule has 0 spiro atoms. The molecule has 0 unspecified atom stereocenters. The number of aromatic nitrogens is 1. The largest absolute Gasteiger partial charge is 0.478 e. The van der Waals surface area contributed by atoms with Crippen molar-refractivity contribution in [3.05, 3.63) is 52.1 Å². The number of nitrogens with zero attached hydrogens (tertiary/aromatic N) is 1. The molecule has 0 fully saturated rings. The summed E-state index contributed by atoms with van der Waals surface area (Å²) in [7, 11) is 0. The van der Waals surface area contributed by atoms with E-state index in [2.05, 4.69) is 26.2 Å². The second kappa shape index (κ2) is 5.72. The summed E-state index contributed by atoms with van der Waals surface area (Å²) in [6.07, 6.45) is -3.71. The number of anilines is 2. The molecule has 1 aromatic carbocycles. The van der Waals surface area contributed by atoms with Crippen molar-refractivity contribution in [1.29, 1.82) is 0 Å². The van der Waals surface area contributed by atoms with Crippen molar-refractivity contribution in [2.45, 2.75) is 6.18 Å². The number of pyridine rings is 1. The molecule has 0 atom stereocenters. The van der Waals surface area contributed by atoms with Gasteiger partial charge in [0.1, 0.15) is 5.82 Å². The number of carboxylic acids is 1. The zero-order valence-corrected chi connectivity index (χ0v) is 11.9. The van der Waals surface area contributed by atoms with E-state index in [0.717, 1.165) is 12.3 Å². The molecule has 21 heavy (non-hydrogen) atoms. The Hall–Kier alpha value is -2.09. The highest BCUT2D eigenvalue weighted by Gasteiger charge is 2.30. The summed E-state index contributed by atoms with van der Waals surface area (Å²) >= 11 is 3.19. The van der Waals surface area contributed by atoms with E-state index >= 15 is 0 Å². The van der Waals surface area contributed by atoms with Crippen LogP contribution in [0.4, 0.5) is 24.7 Å². The van der Waals surface area contributed by atoms with Crippen LogP contribution >= 0.6 is 15.9 Å². The number of hydrogen-bond donors (Lipinski definition) is 2. The van der Waals surface area contributed by atoms with Crippen molar-refractivity contribution >= 4 is 33.4 Å². The molecule has 0 aliphatic rings. The molecule has 8 heteroatoms. The molecule has 2 aromatic rings. The maximum Gasteiger partial charge on any atom is 0.417 e. The van der Waals surface area contributed by atoms with Crippen molar-refractivity contribution in [3.8, 4) is 0 Å². The van der Waals surface area contributed by atoms with Crippen LogP contribution in [0.2, 0.25) is 0 Å². The third kappa shape index (κ3) is 3.72. The number of halogens is 4. The Kier molecular flexibility index (Phi) is 4.17. The highest BCUT2D eigenvalue weighted by atomic mass is 79.9. The molecular formula is C13H8BrF3N2O2. The molecule has 2 rings (SSSR count). The zero-order valence-electron chi connectivity index (χ0n) is 10.3. The standard InChI is InChI=1S/C13H8BrF3N2O2/c14-9-5-7(12(20)21)1-3-10(9)19-11-4-2-8(6-18-11)13(15,16)17/h1-6H,(H,18,19)(H,20,21). The van der Waals surface area contributed by atoms with Gasteiger partial charge in [-0.1, -0.05) is 0 Å². The third-order valence-corrected chi connectivity index (χ3v) is 3.23. The van der Waals surface area contributed by atoms with Crippen LogP contribution in [0.5, 0.6) is 0 Å². The molecule has 0 amide bonds. The number of carbonyl (C=O) groups is 1. The fourth-order valence-corrected chi connectivity index (χ4v) is 2.00. The first kappa shape index (κ1) is 15.3. The zero-order chi connectivity index (χ0) is 15.6.